The minimum Gasteiger partial charge on any atom is -0.280 e. The van der Waals surface area contributed by atoms with Crippen LogP contribution in [0.15, 0.2) is 24.3 Å². The Morgan fingerprint density at radius 1 is 1.25 bits per heavy atom. The first-order chi connectivity index (χ1) is 3.88. The Morgan fingerprint density at radius 3 is 2.12 bits per heavy atom. The Hall–Kier alpha value is -1.02. The lowest BCUT2D eigenvalue weighted by Crippen LogP contribution is -2.30. The molecule has 0 fully saturated rings. The maximum atomic E-state index is 5.47. The van der Waals surface area contributed by atoms with E-state index in [1.807, 2.05) is 24.3 Å². The molecule has 2 nitrogen and oxygen atoms in total. The van der Waals surface area contributed by atoms with Crippen LogP contribution in [0.1, 0.15) is 0 Å². The molecule has 0 aliphatic carbocycles. The zero-order valence-corrected chi connectivity index (χ0v) is 4.33. The molecule has 0 spiro atoms. The fourth-order valence-electron chi connectivity index (χ4n) is 0.876. The summed E-state index contributed by atoms with van der Waals surface area (Å²) in [5, 5.41) is 1.67. The minimum atomic E-state index is 1.10. The predicted molar refractivity (Wildman–Crippen MR) is 32.8 cm³/mol. The van der Waals surface area contributed by atoms with E-state index >= 15 is 0 Å². The second kappa shape index (κ2) is 1.03. The standard InChI is InChI=1S/C6H6N2/c7-8-5-2-1-3-6(8)4-5/h1-4H,7H2. The molecule has 0 saturated heterocycles. The van der Waals surface area contributed by atoms with Gasteiger partial charge in [-0.1, -0.05) is 6.07 Å². The number of hydrogen-bond acceptors (Lipinski definition) is 2. The zero-order chi connectivity index (χ0) is 5.56. The van der Waals surface area contributed by atoms with Crippen molar-refractivity contribution in [3.05, 3.63) is 24.3 Å². The van der Waals surface area contributed by atoms with Gasteiger partial charge >= 0.3 is 0 Å². The van der Waals surface area contributed by atoms with Crippen LogP contribution in [-0.2, 0) is 0 Å². The van der Waals surface area contributed by atoms with E-state index in [2.05, 4.69) is 0 Å². The van der Waals surface area contributed by atoms with E-state index in [-0.39, 0.29) is 0 Å². The predicted octanol–water partition coefficient (Wildman–Crippen LogP) is 1.01. The van der Waals surface area contributed by atoms with Crippen molar-refractivity contribution in [2.75, 3.05) is 5.01 Å². The molecule has 2 aliphatic rings. The molecule has 0 radical (unpaired) electrons. The van der Waals surface area contributed by atoms with Crippen LogP contribution in [0.25, 0.3) is 0 Å². The minimum absolute atomic E-state index is 1.10. The van der Waals surface area contributed by atoms with E-state index in [1.165, 1.54) is 0 Å². The summed E-state index contributed by atoms with van der Waals surface area (Å²) in [6, 6.07) is 7.99. The fourth-order valence-corrected chi connectivity index (χ4v) is 0.876. The number of rotatable bonds is 0. The molecule has 40 valence electrons. The summed E-state index contributed by atoms with van der Waals surface area (Å²) in [7, 11) is 0. The lowest BCUT2D eigenvalue weighted by molar-refractivity contribution is 1.04. The first kappa shape index (κ1) is 3.92. The lowest BCUT2D eigenvalue weighted by atomic mass is 10.2. The van der Waals surface area contributed by atoms with Crippen LogP contribution in [0.2, 0.25) is 0 Å². The second-order valence-electron chi connectivity index (χ2n) is 1.89. The van der Waals surface area contributed by atoms with Crippen molar-refractivity contribution in [1.82, 2.24) is 0 Å². The fraction of sp³-hybridized carbons (Fsp3) is 0. The smallest absolute Gasteiger partial charge is 0.0596 e. The number of hydrazine groups is 1. The summed E-state index contributed by atoms with van der Waals surface area (Å²) >= 11 is 0. The highest BCUT2D eigenvalue weighted by Crippen LogP contribution is 2.32. The molecule has 0 saturated carbocycles. The number of nitrogens with zero attached hydrogens (tertiary/aromatic N) is 1. The third-order valence-electron chi connectivity index (χ3n) is 1.39. The van der Waals surface area contributed by atoms with Crippen molar-refractivity contribution in [2.24, 2.45) is 5.84 Å². The second-order valence-corrected chi connectivity index (χ2v) is 1.89. The summed E-state index contributed by atoms with van der Waals surface area (Å²) in [6.07, 6.45) is 0. The van der Waals surface area contributed by atoms with Crippen molar-refractivity contribution in [1.29, 1.82) is 0 Å². The quantitative estimate of drug-likeness (QED) is 0.500. The monoisotopic (exact) mass is 106 g/mol. The molecule has 0 atom stereocenters. The number of hydrogen-bond donors (Lipinski definition) is 1. The van der Waals surface area contributed by atoms with Gasteiger partial charge in [0.15, 0.2) is 0 Å². The van der Waals surface area contributed by atoms with Crippen molar-refractivity contribution in [2.45, 2.75) is 0 Å². The molecule has 2 N–H and O–H groups in total. The Kier molecular flexibility index (Phi) is 0.506. The van der Waals surface area contributed by atoms with E-state index in [1.54, 1.807) is 5.01 Å². The molecule has 1 aromatic carbocycles. The van der Waals surface area contributed by atoms with Crippen LogP contribution >= 0.6 is 0 Å². The van der Waals surface area contributed by atoms with E-state index in [0.717, 1.165) is 11.4 Å². The van der Waals surface area contributed by atoms with Gasteiger partial charge in [-0.15, -0.1) is 0 Å². The molecule has 3 rings (SSSR count). The number of fused-ring (bicyclic) bond motifs is 2. The van der Waals surface area contributed by atoms with E-state index < -0.39 is 0 Å². The van der Waals surface area contributed by atoms with Crippen LogP contribution in [0, 0.1) is 0 Å². The Morgan fingerprint density at radius 2 is 1.88 bits per heavy atom. The van der Waals surface area contributed by atoms with Crippen LogP contribution in [0.4, 0.5) is 11.4 Å². The van der Waals surface area contributed by atoms with Crippen LogP contribution < -0.4 is 10.9 Å². The molecule has 0 amide bonds. The molecule has 2 heteroatoms. The van der Waals surface area contributed by atoms with Gasteiger partial charge in [-0.05, 0) is 18.2 Å². The van der Waals surface area contributed by atoms with Crippen LogP contribution in [0.3, 0.4) is 0 Å². The van der Waals surface area contributed by atoms with Gasteiger partial charge in [0.2, 0.25) is 0 Å². The molecule has 2 heterocycles. The van der Waals surface area contributed by atoms with Crippen molar-refractivity contribution < 1.29 is 0 Å². The van der Waals surface area contributed by atoms with Gasteiger partial charge in [0, 0.05) is 0 Å². The third-order valence-corrected chi connectivity index (χ3v) is 1.39. The van der Waals surface area contributed by atoms with Crippen molar-refractivity contribution in [3.8, 4) is 0 Å². The normalized spacial score (nSPS) is 13.4. The summed E-state index contributed by atoms with van der Waals surface area (Å²) < 4.78 is 0. The summed E-state index contributed by atoms with van der Waals surface area (Å²) in [4.78, 5) is 0. The molecule has 8 heavy (non-hydrogen) atoms. The highest BCUT2D eigenvalue weighted by molar-refractivity contribution is 5.75. The van der Waals surface area contributed by atoms with Crippen LogP contribution in [0.5, 0.6) is 0 Å². The molecular weight excluding hydrogens is 100 g/mol. The van der Waals surface area contributed by atoms with Gasteiger partial charge in [-0.2, -0.15) is 0 Å². The van der Waals surface area contributed by atoms with Gasteiger partial charge in [-0.3, -0.25) is 5.01 Å². The largest absolute Gasteiger partial charge is 0.280 e. The topological polar surface area (TPSA) is 29.3 Å². The van der Waals surface area contributed by atoms with E-state index in [9.17, 15) is 0 Å². The Labute approximate surface area is 47.5 Å². The van der Waals surface area contributed by atoms with E-state index in [0.29, 0.717) is 0 Å². The highest BCUT2D eigenvalue weighted by atomic mass is 15.4. The van der Waals surface area contributed by atoms with Gasteiger partial charge in [0.1, 0.15) is 0 Å². The van der Waals surface area contributed by atoms with Crippen molar-refractivity contribution in [3.63, 3.8) is 0 Å². The van der Waals surface area contributed by atoms with Crippen LogP contribution in [-0.4, -0.2) is 0 Å². The average molecular weight is 106 g/mol. The Bertz CT molecular complexity index is 193. The van der Waals surface area contributed by atoms with Gasteiger partial charge in [0.25, 0.3) is 0 Å². The maximum absolute atomic E-state index is 5.47. The summed E-state index contributed by atoms with van der Waals surface area (Å²) in [5.41, 5.74) is 2.20. The van der Waals surface area contributed by atoms with Gasteiger partial charge in [0.05, 0.1) is 11.4 Å². The van der Waals surface area contributed by atoms with E-state index in [4.69, 9.17) is 5.84 Å². The lowest BCUT2D eigenvalue weighted by Gasteiger charge is -2.27. The number of benzene rings is 1. The molecular formula is C6H6N2. The first-order valence-electron chi connectivity index (χ1n) is 2.53. The third kappa shape index (κ3) is 0.274. The Balaban J connectivity index is 2.64. The number of nitrogens with two attached hydrogens (primary N) is 1. The van der Waals surface area contributed by atoms with Gasteiger partial charge in [-0.25, -0.2) is 5.84 Å². The summed E-state index contributed by atoms with van der Waals surface area (Å²) in [5.74, 6) is 5.47. The first-order valence-corrected chi connectivity index (χ1v) is 2.53. The van der Waals surface area contributed by atoms with Crippen molar-refractivity contribution >= 4 is 11.4 Å². The number of anilines is 2. The molecule has 2 bridgehead atoms. The SMILES string of the molecule is NN1c2cccc1c2. The van der Waals surface area contributed by atoms with Gasteiger partial charge < -0.3 is 0 Å². The molecule has 0 aromatic heterocycles. The molecule has 1 aromatic rings. The zero-order valence-electron chi connectivity index (χ0n) is 4.33. The average Bonchev–Trinajstić information content (AvgIpc) is 1.89. The molecule has 0 unspecified atom stereocenters. The highest BCUT2D eigenvalue weighted by Gasteiger charge is 2.13. The maximum Gasteiger partial charge on any atom is 0.0596 e. The summed E-state index contributed by atoms with van der Waals surface area (Å²) in [6.45, 7) is 0. The molecule has 2 aliphatic heterocycles.